The van der Waals surface area contributed by atoms with Crippen molar-refractivity contribution < 1.29 is 51.3 Å². The van der Waals surface area contributed by atoms with Crippen molar-refractivity contribution in [1.29, 1.82) is 0 Å². The van der Waals surface area contributed by atoms with E-state index < -0.39 is 61.6 Å². The van der Waals surface area contributed by atoms with Crippen LogP contribution in [0.3, 0.4) is 0 Å². The number of Topliss-reactive ketones (excluding diaryl/α,β-unsaturated/α-hetero) is 1. The first-order valence-electron chi connectivity index (χ1n) is 20.9. The zero-order chi connectivity index (χ0) is 42.9. The van der Waals surface area contributed by atoms with Gasteiger partial charge in [-0.3, -0.25) is 23.9 Å². The molecule has 2 aliphatic carbocycles. The maximum absolute atomic E-state index is 15.1. The van der Waals surface area contributed by atoms with Crippen molar-refractivity contribution >= 4 is 44.4 Å². The number of carbonyl (C=O) groups excluding carboxylic acids is 4. The van der Waals surface area contributed by atoms with E-state index in [2.05, 4.69) is 16.6 Å². The monoisotopic (exact) mass is 839 g/mol. The van der Waals surface area contributed by atoms with E-state index in [1.54, 1.807) is 54.2 Å². The normalized spacial score (nSPS) is 29.0. The van der Waals surface area contributed by atoms with Crippen molar-refractivity contribution in [2.24, 2.45) is 29.1 Å². The smallest absolute Gasteiger partial charge is 0.307 e. The van der Waals surface area contributed by atoms with Crippen LogP contribution in [0.15, 0.2) is 36.5 Å². The molecule has 2 saturated carbocycles. The zero-order valence-electron chi connectivity index (χ0n) is 35.7. The highest BCUT2D eigenvalue weighted by atomic mass is 32.2. The van der Waals surface area contributed by atoms with Gasteiger partial charge in [-0.05, 0) is 109 Å². The number of methoxy groups -OCH3 is 2. The zero-order valence-corrected chi connectivity index (χ0v) is 36.5. The maximum Gasteiger partial charge on any atom is 0.307 e. The van der Waals surface area contributed by atoms with Crippen molar-refractivity contribution in [3.63, 3.8) is 0 Å². The Labute approximate surface area is 348 Å². The van der Waals surface area contributed by atoms with Crippen LogP contribution in [0.4, 0.5) is 0 Å². The summed E-state index contributed by atoms with van der Waals surface area (Å²) in [6, 6.07) is 4.38. The highest BCUT2D eigenvalue weighted by Gasteiger charge is 2.63. The molecule has 1 aromatic carbocycles. The van der Waals surface area contributed by atoms with Gasteiger partial charge >= 0.3 is 5.97 Å². The number of benzene rings is 1. The van der Waals surface area contributed by atoms with Crippen molar-refractivity contribution in [2.75, 3.05) is 34.0 Å². The number of allylic oxidation sites excluding steroid dienone is 2. The largest absolute Gasteiger partial charge is 0.497 e. The topological polar surface area (TPSA) is 177 Å². The maximum atomic E-state index is 15.1. The molecule has 0 radical (unpaired) electrons. The van der Waals surface area contributed by atoms with Crippen LogP contribution in [-0.2, 0) is 38.7 Å². The molecule has 3 heterocycles. The minimum atomic E-state index is -3.98. The number of pyridine rings is 1. The molecule has 0 unspecified atom stereocenters. The van der Waals surface area contributed by atoms with Gasteiger partial charge in [0, 0.05) is 37.3 Å². The number of hydrogen-bond acceptors (Lipinski definition) is 12. The van der Waals surface area contributed by atoms with E-state index in [9.17, 15) is 22.8 Å². The minimum absolute atomic E-state index is 0.00286. The Morgan fingerprint density at radius 1 is 1.08 bits per heavy atom. The molecule has 3 fully saturated rings. The Bertz CT molecular complexity index is 2060. The summed E-state index contributed by atoms with van der Waals surface area (Å²) in [5, 5.41) is 1.35. The highest BCUT2D eigenvalue weighted by Crippen LogP contribution is 2.58. The molecule has 15 heteroatoms. The van der Waals surface area contributed by atoms with Crippen LogP contribution in [0.2, 0.25) is 0 Å². The third kappa shape index (κ3) is 9.88. The lowest BCUT2D eigenvalue weighted by atomic mass is 9.81. The van der Waals surface area contributed by atoms with Crippen molar-refractivity contribution in [1.82, 2.24) is 14.6 Å². The molecule has 59 heavy (non-hydrogen) atoms. The first kappa shape index (κ1) is 44.3. The number of sulfonamides is 1. The summed E-state index contributed by atoms with van der Waals surface area (Å²) in [5.41, 5.74) is -2.09. The molecule has 0 spiro atoms. The van der Waals surface area contributed by atoms with Crippen molar-refractivity contribution in [2.45, 2.75) is 122 Å². The molecule has 6 rings (SSSR count). The van der Waals surface area contributed by atoms with Crippen LogP contribution in [0, 0.1) is 29.1 Å². The molecule has 2 aromatic rings. The number of nitrogens with one attached hydrogen (secondary N) is 1. The molecule has 1 aromatic heterocycles. The minimum Gasteiger partial charge on any atom is -0.497 e. The number of fused-ring (bicyclic) bond motifs is 3. The van der Waals surface area contributed by atoms with Gasteiger partial charge in [0.2, 0.25) is 27.7 Å². The Hall–Kier alpha value is -4.24. The number of ether oxygens (including phenoxy) is 5. The fraction of sp³-hybridized carbons (Fsp3) is 0.659. The fourth-order valence-corrected chi connectivity index (χ4v) is 10.0. The number of ketones is 1. The highest BCUT2D eigenvalue weighted by molar-refractivity contribution is 7.91. The van der Waals surface area contributed by atoms with Gasteiger partial charge in [-0.1, -0.05) is 19.1 Å². The van der Waals surface area contributed by atoms with Gasteiger partial charge in [0.1, 0.15) is 23.2 Å². The van der Waals surface area contributed by atoms with Gasteiger partial charge in [-0.15, -0.1) is 0 Å². The third-order valence-electron chi connectivity index (χ3n) is 12.4. The summed E-state index contributed by atoms with van der Waals surface area (Å²) < 4.78 is 57.3. The Morgan fingerprint density at radius 2 is 1.83 bits per heavy atom. The molecule has 0 bridgehead atoms. The molecule has 7 atom stereocenters. The van der Waals surface area contributed by atoms with Gasteiger partial charge in [0.25, 0.3) is 0 Å². The average Bonchev–Trinajstić information content (AvgIpc) is 4.05. The van der Waals surface area contributed by atoms with Gasteiger partial charge in [0.15, 0.2) is 5.78 Å². The second-order valence-electron chi connectivity index (χ2n) is 18.2. The Kier molecular flexibility index (Phi) is 13.1. The van der Waals surface area contributed by atoms with Crippen molar-refractivity contribution in [3.05, 3.63) is 36.5 Å². The fourth-order valence-electron chi connectivity index (χ4n) is 8.67. The number of esters is 1. The summed E-state index contributed by atoms with van der Waals surface area (Å²) >= 11 is 0. The van der Waals surface area contributed by atoms with Crippen LogP contribution in [0.5, 0.6) is 17.4 Å². The lowest BCUT2D eigenvalue weighted by Gasteiger charge is -2.33. The summed E-state index contributed by atoms with van der Waals surface area (Å²) in [7, 11) is -0.844. The van der Waals surface area contributed by atoms with Gasteiger partial charge in [0.05, 0.1) is 55.0 Å². The number of rotatable bonds is 12. The summed E-state index contributed by atoms with van der Waals surface area (Å²) in [6.07, 6.45) is 7.58. The molecule has 2 amide bonds. The lowest BCUT2D eigenvalue weighted by molar-refractivity contribution is -0.160. The summed E-state index contributed by atoms with van der Waals surface area (Å²) in [6.45, 7) is 11.5. The third-order valence-corrected chi connectivity index (χ3v) is 14.6. The quantitative estimate of drug-likeness (QED) is 0.197. The average molecular weight is 840 g/mol. The van der Waals surface area contributed by atoms with E-state index in [1.807, 2.05) is 31.2 Å². The van der Waals surface area contributed by atoms with E-state index in [0.717, 1.165) is 6.42 Å². The van der Waals surface area contributed by atoms with E-state index in [-0.39, 0.29) is 61.8 Å². The van der Waals surface area contributed by atoms with Crippen LogP contribution in [-0.4, -0.2) is 98.3 Å². The molecule has 1 N–H and O–H groups in total. The molecule has 4 aliphatic rings. The van der Waals surface area contributed by atoms with Gasteiger partial charge < -0.3 is 28.6 Å². The Balaban J connectivity index is 1.39. The molecule has 2 aliphatic heterocycles. The summed E-state index contributed by atoms with van der Waals surface area (Å²) in [5.74, 6) is -2.12. The van der Waals surface area contributed by atoms with Crippen LogP contribution in [0.25, 0.3) is 10.8 Å². The molecular formula is C44H61N3O11S. The molecule has 324 valence electrons. The first-order valence-corrected chi connectivity index (χ1v) is 22.4. The van der Waals surface area contributed by atoms with Crippen LogP contribution < -0.4 is 18.9 Å². The predicted octanol–water partition coefficient (Wildman–Crippen LogP) is 5.94. The van der Waals surface area contributed by atoms with Crippen LogP contribution >= 0.6 is 0 Å². The Morgan fingerprint density at radius 3 is 2.49 bits per heavy atom. The lowest BCUT2D eigenvalue weighted by Crippen LogP contribution is -2.48. The number of aromatic nitrogens is 1. The second kappa shape index (κ2) is 17.4. The van der Waals surface area contributed by atoms with Crippen molar-refractivity contribution in [3.8, 4) is 17.4 Å². The number of hydrogen-bond donors (Lipinski definition) is 1. The number of amides is 2. The molecule has 1 saturated heterocycles. The molecule has 14 nitrogen and oxygen atoms in total. The van der Waals surface area contributed by atoms with E-state index in [0.29, 0.717) is 61.0 Å². The number of nitrogens with zero attached hydrogens (tertiary/aromatic N) is 2. The van der Waals surface area contributed by atoms with Gasteiger partial charge in [-0.25, -0.2) is 13.4 Å². The number of carbonyl (C=O) groups is 4. The van der Waals surface area contributed by atoms with E-state index in [4.69, 9.17) is 23.7 Å². The predicted molar refractivity (Wildman–Crippen MR) is 220 cm³/mol. The van der Waals surface area contributed by atoms with Crippen LogP contribution in [0.1, 0.15) is 99.3 Å². The molecular weight excluding hydrogens is 779 g/mol. The summed E-state index contributed by atoms with van der Waals surface area (Å²) in [4.78, 5) is 63.7. The van der Waals surface area contributed by atoms with E-state index in [1.165, 1.54) is 4.90 Å². The van der Waals surface area contributed by atoms with E-state index >= 15 is 4.79 Å². The van der Waals surface area contributed by atoms with Gasteiger partial charge in [-0.2, -0.15) is 0 Å². The first-order chi connectivity index (χ1) is 27.8. The standard InChI is InChI=1S/C44H61N3O11S/c1-9-56-37-24-45-39(32-15-14-30(55-8)19-34(32)37)57-31-20-35-36(48)23-44(41(51)46-59(52,53)43(6)16-17-43)22-29(44)13-11-10-12-27(2)18-28(26-54-7)33(40(50)47(35)25-31)21-38(49)58-42(3,4)5/h11,13-15,19,24,27-29,31,33,35H,9-10,12,16-18,20-23,25-26H2,1-8H3,(H,46,51)/b13-11-/t27-,28-,29+,31+,33-,35-,44+/m0/s1. The SMILES string of the molecule is CCOc1cnc(O[C@@H]2C[C@H]3C(=O)C[C@]4(C(=O)NS(=O)(=O)C5(C)CC5)C[C@H]4/C=C\CC[C@H](C)C[C@@H](COC)[C@H](CC(=O)OC(C)(C)C)C(=O)N3C2)c2ccc(OC)cc12. The second-order valence-corrected chi connectivity index (χ2v) is 20.4.